The van der Waals surface area contributed by atoms with Crippen LogP contribution in [0.2, 0.25) is 5.02 Å². The molecule has 2 heterocycles. The number of aryl methyl sites for hydroxylation is 1. The Balaban J connectivity index is 2.37. The second-order valence-electron chi connectivity index (χ2n) is 3.80. The van der Waals surface area contributed by atoms with Crippen LogP contribution in [0.5, 0.6) is 0 Å². The monoisotopic (exact) mass is 299 g/mol. The molecule has 0 fully saturated rings. The molecule has 0 aromatic carbocycles. The lowest BCUT2D eigenvalue weighted by molar-refractivity contribution is 0.600. The van der Waals surface area contributed by atoms with Crippen LogP contribution in [0.15, 0.2) is 40.3 Å². The molecular formula is C11H10ClN3O3S. The fraction of sp³-hybridized carbons (Fsp3) is 0.0909. The van der Waals surface area contributed by atoms with Crippen LogP contribution in [0.3, 0.4) is 0 Å². The van der Waals surface area contributed by atoms with Crippen LogP contribution in [-0.2, 0) is 10.0 Å². The van der Waals surface area contributed by atoms with Gasteiger partial charge in [0, 0.05) is 18.1 Å². The first kappa shape index (κ1) is 13.6. The second-order valence-corrected chi connectivity index (χ2v) is 5.89. The van der Waals surface area contributed by atoms with E-state index in [1.54, 1.807) is 13.0 Å². The molecule has 0 saturated carbocycles. The van der Waals surface area contributed by atoms with Gasteiger partial charge in [0.25, 0.3) is 15.6 Å². The van der Waals surface area contributed by atoms with Crippen molar-refractivity contribution in [2.24, 2.45) is 0 Å². The molecule has 0 amide bonds. The molecule has 8 heteroatoms. The predicted octanol–water partition coefficient (Wildman–Crippen LogP) is 1.53. The first-order chi connectivity index (χ1) is 8.88. The molecular weight excluding hydrogens is 290 g/mol. The van der Waals surface area contributed by atoms with E-state index in [-0.39, 0.29) is 9.92 Å². The van der Waals surface area contributed by atoms with Crippen LogP contribution < -0.4 is 10.3 Å². The van der Waals surface area contributed by atoms with Crippen molar-refractivity contribution >= 4 is 27.3 Å². The number of aromatic nitrogens is 2. The van der Waals surface area contributed by atoms with E-state index in [0.717, 1.165) is 12.3 Å². The Kier molecular flexibility index (Phi) is 3.59. The van der Waals surface area contributed by atoms with Crippen LogP contribution >= 0.6 is 11.6 Å². The smallest absolute Gasteiger partial charge is 0.266 e. The summed E-state index contributed by atoms with van der Waals surface area (Å²) in [4.78, 5) is 17.2. The summed E-state index contributed by atoms with van der Waals surface area (Å²) in [6.07, 6.45) is 2.58. The number of rotatable bonds is 3. The summed E-state index contributed by atoms with van der Waals surface area (Å²) in [7, 11) is -3.80. The second kappa shape index (κ2) is 5.02. The van der Waals surface area contributed by atoms with Crippen molar-refractivity contribution in [3.8, 4) is 0 Å². The number of pyridine rings is 2. The lowest BCUT2D eigenvalue weighted by Gasteiger charge is -2.08. The Bertz CT molecular complexity index is 771. The van der Waals surface area contributed by atoms with Crippen molar-refractivity contribution in [3.63, 3.8) is 0 Å². The van der Waals surface area contributed by atoms with E-state index >= 15 is 0 Å². The van der Waals surface area contributed by atoms with Crippen molar-refractivity contribution < 1.29 is 8.42 Å². The van der Waals surface area contributed by atoms with Crippen LogP contribution in [0.1, 0.15) is 5.69 Å². The van der Waals surface area contributed by atoms with E-state index in [0.29, 0.717) is 11.4 Å². The minimum Gasteiger partial charge on any atom is -0.326 e. The van der Waals surface area contributed by atoms with Crippen molar-refractivity contribution in [1.29, 1.82) is 0 Å². The SMILES string of the molecule is Cc1cc(NS(=O)(=O)c2c[nH]c(=O)c(Cl)c2)ccn1. The maximum atomic E-state index is 12.1. The Morgan fingerprint density at radius 1 is 1.37 bits per heavy atom. The molecule has 2 N–H and O–H groups in total. The molecule has 0 unspecified atom stereocenters. The van der Waals surface area contributed by atoms with Gasteiger partial charge in [0.2, 0.25) is 0 Å². The molecule has 0 saturated heterocycles. The molecule has 2 aromatic rings. The van der Waals surface area contributed by atoms with Gasteiger partial charge < -0.3 is 4.98 Å². The number of nitrogens with one attached hydrogen (secondary N) is 2. The molecule has 0 aliphatic heterocycles. The summed E-state index contributed by atoms with van der Waals surface area (Å²) < 4.78 is 26.5. The van der Waals surface area contributed by atoms with Crippen molar-refractivity contribution in [1.82, 2.24) is 9.97 Å². The lowest BCUT2D eigenvalue weighted by Crippen LogP contribution is -2.16. The van der Waals surface area contributed by atoms with Crippen LogP contribution in [0.25, 0.3) is 0 Å². The van der Waals surface area contributed by atoms with Gasteiger partial charge in [-0.05, 0) is 25.1 Å². The summed E-state index contributed by atoms with van der Waals surface area (Å²) in [5, 5.41) is -0.186. The van der Waals surface area contributed by atoms with E-state index in [4.69, 9.17) is 11.6 Å². The Hall–Kier alpha value is -1.86. The summed E-state index contributed by atoms with van der Waals surface area (Å²) in [5.74, 6) is 0. The van der Waals surface area contributed by atoms with Gasteiger partial charge in [-0.1, -0.05) is 11.6 Å². The Labute approximate surface area is 114 Å². The van der Waals surface area contributed by atoms with Crippen molar-refractivity contribution in [3.05, 3.63) is 51.7 Å². The van der Waals surface area contributed by atoms with Gasteiger partial charge in [-0.15, -0.1) is 0 Å². The maximum absolute atomic E-state index is 12.1. The maximum Gasteiger partial charge on any atom is 0.266 e. The lowest BCUT2D eigenvalue weighted by atomic mass is 10.3. The summed E-state index contributed by atoms with van der Waals surface area (Å²) in [6.45, 7) is 1.74. The third kappa shape index (κ3) is 3.12. The molecule has 2 aromatic heterocycles. The molecule has 0 spiro atoms. The fourth-order valence-electron chi connectivity index (χ4n) is 1.42. The van der Waals surface area contributed by atoms with Gasteiger partial charge in [-0.25, -0.2) is 8.42 Å². The van der Waals surface area contributed by atoms with Gasteiger partial charge >= 0.3 is 0 Å². The van der Waals surface area contributed by atoms with Crippen molar-refractivity contribution in [2.45, 2.75) is 11.8 Å². The highest BCUT2D eigenvalue weighted by molar-refractivity contribution is 7.92. The molecule has 19 heavy (non-hydrogen) atoms. The van der Waals surface area contributed by atoms with Gasteiger partial charge in [0.05, 0.1) is 5.69 Å². The first-order valence-electron chi connectivity index (χ1n) is 5.22. The highest BCUT2D eigenvalue weighted by Gasteiger charge is 2.15. The van der Waals surface area contributed by atoms with Gasteiger partial charge in [0.1, 0.15) is 9.92 Å². The highest BCUT2D eigenvalue weighted by atomic mass is 35.5. The Morgan fingerprint density at radius 3 is 2.74 bits per heavy atom. The van der Waals surface area contributed by atoms with Gasteiger partial charge in [-0.3, -0.25) is 14.5 Å². The molecule has 0 radical (unpaired) electrons. The van der Waals surface area contributed by atoms with Crippen LogP contribution in [-0.4, -0.2) is 18.4 Å². The topological polar surface area (TPSA) is 91.9 Å². The zero-order valence-corrected chi connectivity index (χ0v) is 11.4. The number of hydrogen-bond acceptors (Lipinski definition) is 4. The zero-order chi connectivity index (χ0) is 14.0. The minimum atomic E-state index is -3.80. The molecule has 0 bridgehead atoms. The number of aromatic amines is 1. The van der Waals surface area contributed by atoms with Gasteiger partial charge in [0.15, 0.2) is 0 Å². The van der Waals surface area contributed by atoms with E-state index in [9.17, 15) is 13.2 Å². The highest BCUT2D eigenvalue weighted by Crippen LogP contribution is 2.16. The number of halogens is 1. The Morgan fingerprint density at radius 2 is 2.11 bits per heavy atom. The quantitative estimate of drug-likeness (QED) is 0.899. The minimum absolute atomic E-state index is 0.119. The average molecular weight is 300 g/mol. The predicted molar refractivity (Wildman–Crippen MR) is 71.9 cm³/mol. The zero-order valence-electron chi connectivity index (χ0n) is 9.84. The molecule has 2 rings (SSSR count). The third-order valence-corrected chi connectivity index (χ3v) is 3.93. The largest absolute Gasteiger partial charge is 0.326 e. The van der Waals surface area contributed by atoms with E-state index < -0.39 is 15.6 Å². The van der Waals surface area contributed by atoms with E-state index in [1.807, 2.05) is 0 Å². The number of nitrogens with zero attached hydrogens (tertiary/aromatic N) is 1. The number of H-pyrrole nitrogens is 1. The molecule has 6 nitrogen and oxygen atoms in total. The third-order valence-electron chi connectivity index (χ3n) is 2.29. The number of anilines is 1. The van der Waals surface area contributed by atoms with E-state index in [1.165, 1.54) is 12.3 Å². The molecule has 0 atom stereocenters. The molecule has 100 valence electrons. The molecule has 0 aliphatic carbocycles. The molecule has 0 aliphatic rings. The first-order valence-corrected chi connectivity index (χ1v) is 7.08. The summed E-state index contributed by atoms with van der Waals surface area (Å²) in [5.41, 5.74) is 0.523. The summed E-state index contributed by atoms with van der Waals surface area (Å²) >= 11 is 5.60. The standard InChI is InChI=1S/C11H10ClN3O3S/c1-7-4-8(2-3-13-7)15-19(17,18)9-5-10(12)11(16)14-6-9/h2-6H,1H3,(H,13,15)(H,14,16). The van der Waals surface area contributed by atoms with Gasteiger partial charge in [-0.2, -0.15) is 0 Å². The average Bonchev–Trinajstić information content (AvgIpc) is 2.32. The van der Waals surface area contributed by atoms with Crippen molar-refractivity contribution in [2.75, 3.05) is 4.72 Å². The number of sulfonamides is 1. The van der Waals surface area contributed by atoms with Crippen LogP contribution in [0, 0.1) is 6.92 Å². The number of hydrogen-bond donors (Lipinski definition) is 2. The van der Waals surface area contributed by atoms with Crippen LogP contribution in [0.4, 0.5) is 5.69 Å². The fourth-order valence-corrected chi connectivity index (χ4v) is 2.69. The summed E-state index contributed by atoms with van der Waals surface area (Å²) in [6, 6.07) is 4.21. The van der Waals surface area contributed by atoms with E-state index in [2.05, 4.69) is 14.7 Å². The normalized spacial score (nSPS) is 11.3.